The molecule has 1 heterocycles. The van der Waals surface area contributed by atoms with Crippen molar-refractivity contribution in [3.63, 3.8) is 0 Å². The number of carbonyl (C=O) groups excluding carboxylic acids is 2. The van der Waals surface area contributed by atoms with Crippen LogP contribution in [-0.2, 0) is 23.0 Å². The van der Waals surface area contributed by atoms with Crippen LogP contribution in [0.15, 0.2) is 22.2 Å². The lowest BCUT2D eigenvalue weighted by molar-refractivity contribution is -0.0607. The topological polar surface area (TPSA) is 138 Å². The Balaban J connectivity index is 1.52. The Labute approximate surface area is 286 Å². The van der Waals surface area contributed by atoms with Gasteiger partial charge in [0.25, 0.3) is 5.88 Å². The summed E-state index contributed by atoms with van der Waals surface area (Å²) < 4.78 is 30.1. The monoisotopic (exact) mass is 673 g/mol. The number of fused-ring (bicyclic) bond motifs is 5. The number of aromatic nitrogens is 1. The summed E-state index contributed by atoms with van der Waals surface area (Å²) in [5.41, 5.74) is 0.00322. The van der Waals surface area contributed by atoms with Crippen LogP contribution < -0.4 is 14.2 Å². The average molecular weight is 674 g/mol. The van der Waals surface area contributed by atoms with Gasteiger partial charge in [-0.15, -0.1) is 0 Å². The number of Topliss-reactive ketones (excluding diaryl/α,β-unsaturated/α-hetero) is 2. The Hall–Kier alpha value is -3.89. The molecule has 0 unspecified atom stereocenters. The number of hydrogen-bond donors (Lipinski definition) is 2. The van der Waals surface area contributed by atoms with E-state index in [2.05, 4.69) is 38.9 Å². The third-order valence-electron chi connectivity index (χ3n) is 12.0. The molecular weight excluding hydrogens is 626 g/mol. The van der Waals surface area contributed by atoms with Gasteiger partial charge in [-0.2, -0.15) is 0 Å². The molecule has 3 aromatic rings. The zero-order valence-electron chi connectivity index (χ0n) is 29.6. The normalized spacial score (nSPS) is 26.4. The lowest BCUT2D eigenvalue weighted by atomic mass is 9.54. The van der Waals surface area contributed by atoms with E-state index in [1.165, 1.54) is 12.7 Å². The lowest BCUT2D eigenvalue weighted by Gasteiger charge is -2.49. The van der Waals surface area contributed by atoms with Gasteiger partial charge in [-0.25, -0.2) is 0 Å². The summed E-state index contributed by atoms with van der Waals surface area (Å²) in [5, 5.41) is 30.0. The number of aromatic hydroxyl groups is 1. The molecule has 49 heavy (non-hydrogen) atoms. The molecule has 2 N–H and O–H groups in total. The molecule has 0 saturated heterocycles. The first-order valence-electron chi connectivity index (χ1n) is 17.6. The van der Waals surface area contributed by atoms with E-state index in [0.717, 1.165) is 55.0 Å². The van der Waals surface area contributed by atoms with Crippen LogP contribution in [-0.4, -0.2) is 60.0 Å². The maximum atomic E-state index is 14.9. The standard InChI is InChI=1S/C39H47NO9/c1-8-10-15-47-23-18-25(45-6)31-26-21(19-38(31)20(3)13-12-14-37(38,4)5)27-30(32(41)28(23)26)35(43)39(44)22(33(27)46-7)17-24-29(34(39)42)36(40-49-24)48-16-11-9-2/h13,18,22,33,41,44H,8-12,14-17,19H2,1-7H3/t22-,33-,38+,39-/m0/s1. The molecule has 4 atom stereocenters. The highest BCUT2D eigenvalue weighted by Gasteiger charge is 2.65. The first kappa shape index (κ1) is 33.6. The van der Waals surface area contributed by atoms with Crippen LogP contribution in [0.1, 0.15) is 122 Å². The van der Waals surface area contributed by atoms with Crippen LogP contribution in [0.5, 0.6) is 23.1 Å². The summed E-state index contributed by atoms with van der Waals surface area (Å²) in [4.78, 5) is 29.3. The minimum Gasteiger partial charge on any atom is -0.506 e. The van der Waals surface area contributed by atoms with E-state index in [9.17, 15) is 19.8 Å². The summed E-state index contributed by atoms with van der Waals surface area (Å²) in [6, 6.07) is 1.82. The highest BCUT2D eigenvalue weighted by Crippen LogP contribution is 2.66. The summed E-state index contributed by atoms with van der Waals surface area (Å²) in [6.45, 7) is 11.5. The van der Waals surface area contributed by atoms with E-state index in [1.807, 2.05) is 13.0 Å². The Morgan fingerprint density at radius 2 is 1.69 bits per heavy atom. The molecule has 0 amide bonds. The van der Waals surface area contributed by atoms with Crippen molar-refractivity contribution in [1.29, 1.82) is 0 Å². The molecule has 0 radical (unpaired) electrons. The Kier molecular flexibility index (Phi) is 8.14. The van der Waals surface area contributed by atoms with Crippen LogP contribution >= 0.6 is 0 Å². The van der Waals surface area contributed by atoms with Crippen molar-refractivity contribution in [2.75, 3.05) is 27.4 Å². The predicted octanol–water partition coefficient (Wildman–Crippen LogP) is 7.13. The fourth-order valence-electron chi connectivity index (χ4n) is 9.36. The third kappa shape index (κ3) is 4.35. The van der Waals surface area contributed by atoms with Gasteiger partial charge in [-0.1, -0.05) is 52.2 Å². The Bertz CT molecular complexity index is 1900. The number of phenols is 1. The van der Waals surface area contributed by atoms with Gasteiger partial charge in [0.1, 0.15) is 22.8 Å². The number of nitrogens with zero attached hydrogens (tertiary/aromatic N) is 1. The van der Waals surface area contributed by atoms with Crippen molar-refractivity contribution in [3.05, 3.63) is 51.3 Å². The van der Waals surface area contributed by atoms with Gasteiger partial charge in [0, 0.05) is 41.9 Å². The zero-order valence-corrected chi connectivity index (χ0v) is 29.6. The van der Waals surface area contributed by atoms with Crippen molar-refractivity contribution in [2.24, 2.45) is 11.3 Å². The Morgan fingerprint density at radius 3 is 2.35 bits per heavy atom. The van der Waals surface area contributed by atoms with Crippen LogP contribution in [0, 0.1) is 11.3 Å². The Morgan fingerprint density at radius 1 is 1.00 bits per heavy atom. The molecule has 0 saturated carbocycles. The van der Waals surface area contributed by atoms with Gasteiger partial charge >= 0.3 is 0 Å². The number of methoxy groups -OCH3 is 2. The van der Waals surface area contributed by atoms with E-state index in [-0.39, 0.29) is 40.4 Å². The number of unbranched alkanes of at least 4 members (excludes halogenated alkanes) is 2. The summed E-state index contributed by atoms with van der Waals surface area (Å²) in [7, 11) is 3.15. The summed E-state index contributed by atoms with van der Waals surface area (Å²) in [5.74, 6) is -1.87. The molecule has 2 aromatic carbocycles. The molecule has 1 spiro atoms. The van der Waals surface area contributed by atoms with Crippen molar-refractivity contribution >= 4 is 22.3 Å². The second-order valence-electron chi connectivity index (χ2n) is 14.8. The third-order valence-corrected chi connectivity index (χ3v) is 12.0. The smallest absolute Gasteiger partial charge is 0.265 e. The maximum absolute atomic E-state index is 14.9. The molecule has 1 aromatic heterocycles. The number of phenolic OH excluding ortho intramolecular Hbond substituents is 1. The fraction of sp³-hybridized carbons (Fsp3) is 0.564. The number of carbonyl (C=O) groups is 2. The second-order valence-corrected chi connectivity index (χ2v) is 14.8. The first-order valence-corrected chi connectivity index (χ1v) is 17.6. The van der Waals surface area contributed by atoms with Crippen LogP contribution in [0.3, 0.4) is 0 Å². The maximum Gasteiger partial charge on any atom is 0.265 e. The van der Waals surface area contributed by atoms with Gasteiger partial charge in [0.05, 0.1) is 37.4 Å². The predicted molar refractivity (Wildman–Crippen MR) is 182 cm³/mol. The molecule has 262 valence electrons. The average Bonchev–Trinajstić information content (AvgIpc) is 3.65. The lowest BCUT2D eigenvalue weighted by Crippen LogP contribution is -2.60. The summed E-state index contributed by atoms with van der Waals surface area (Å²) in [6.07, 6.45) is 7.01. The van der Waals surface area contributed by atoms with Crippen molar-refractivity contribution in [1.82, 2.24) is 5.16 Å². The van der Waals surface area contributed by atoms with Gasteiger partial charge in [-0.3, -0.25) is 9.59 Å². The molecule has 10 heteroatoms. The molecule has 4 aliphatic carbocycles. The number of benzene rings is 2. The first-order chi connectivity index (χ1) is 23.4. The minimum atomic E-state index is -2.55. The van der Waals surface area contributed by atoms with Crippen LogP contribution in [0.25, 0.3) is 10.8 Å². The zero-order chi connectivity index (χ0) is 35.0. The van der Waals surface area contributed by atoms with Gasteiger partial charge in [0.15, 0.2) is 11.4 Å². The van der Waals surface area contributed by atoms with Gasteiger partial charge in [0.2, 0.25) is 11.6 Å². The number of hydrogen-bond acceptors (Lipinski definition) is 10. The van der Waals surface area contributed by atoms with Crippen molar-refractivity contribution in [2.45, 2.75) is 103 Å². The number of rotatable bonds is 10. The number of ketones is 2. The van der Waals surface area contributed by atoms with E-state index in [0.29, 0.717) is 42.1 Å². The number of aliphatic hydroxyl groups is 1. The minimum absolute atomic E-state index is 0.00947. The number of allylic oxidation sites excluding steroid dienone is 2. The fourth-order valence-corrected chi connectivity index (χ4v) is 9.36. The van der Waals surface area contributed by atoms with Gasteiger partial charge in [-0.05, 0) is 60.7 Å². The largest absolute Gasteiger partial charge is 0.506 e. The van der Waals surface area contributed by atoms with Gasteiger partial charge < -0.3 is 33.7 Å². The molecule has 0 aliphatic heterocycles. The molecular formula is C39H47NO9. The van der Waals surface area contributed by atoms with Crippen LogP contribution in [0.4, 0.5) is 0 Å². The molecule has 0 bridgehead atoms. The van der Waals surface area contributed by atoms with E-state index >= 15 is 0 Å². The molecule has 7 rings (SSSR count). The van der Waals surface area contributed by atoms with E-state index in [4.69, 9.17) is 23.5 Å². The van der Waals surface area contributed by atoms with Crippen molar-refractivity contribution < 1.29 is 43.3 Å². The molecule has 0 fully saturated rings. The SMILES string of the molecule is CCCCOc1noc2c1C(=O)[C@]1(O)C(=O)c3c(c4c5c(c(OC)cc(OCCCC)c5c3O)[C@@]3(C4)C(C)=CCCC3(C)C)[C@@H](OC)[C@@H]1C2. The number of ether oxygens (including phenoxy) is 4. The van der Waals surface area contributed by atoms with Crippen molar-refractivity contribution in [3.8, 4) is 23.1 Å². The quantitative estimate of drug-likeness (QED) is 0.130. The summed E-state index contributed by atoms with van der Waals surface area (Å²) >= 11 is 0. The molecule has 4 aliphatic rings. The highest BCUT2D eigenvalue weighted by atomic mass is 16.5. The highest BCUT2D eigenvalue weighted by molar-refractivity contribution is 6.27. The van der Waals surface area contributed by atoms with E-state index < -0.39 is 34.6 Å². The van der Waals surface area contributed by atoms with E-state index in [1.54, 1.807) is 7.11 Å². The second kappa shape index (κ2) is 11.9. The molecule has 10 nitrogen and oxygen atoms in total. The van der Waals surface area contributed by atoms with Crippen LogP contribution in [0.2, 0.25) is 0 Å².